The highest BCUT2D eigenvalue weighted by Crippen LogP contribution is 2.23. The van der Waals surface area contributed by atoms with Crippen molar-refractivity contribution in [3.63, 3.8) is 0 Å². The maximum absolute atomic E-state index is 5.73. The summed E-state index contributed by atoms with van der Waals surface area (Å²) in [5.41, 5.74) is 9.05. The van der Waals surface area contributed by atoms with Crippen LogP contribution in [0.2, 0.25) is 0 Å². The second-order valence-corrected chi connectivity index (χ2v) is 5.28. The van der Waals surface area contributed by atoms with Gasteiger partial charge in [0, 0.05) is 23.2 Å². The average molecular weight is 222 g/mol. The Kier molecular flexibility index (Phi) is 3.41. The number of nitrogen functional groups attached to an aromatic ring is 1. The van der Waals surface area contributed by atoms with Crippen molar-refractivity contribution in [3.05, 3.63) is 23.8 Å². The zero-order valence-electron chi connectivity index (χ0n) is 9.12. The Labute approximate surface area is 95.6 Å². The molecular weight excluding hydrogens is 204 g/mol. The lowest BCUT2D eigenvalue weighted by Crippen LogP contribution is -2.26. The second kappa shape index (κ2) is 4.79. The molecule has 0 saturated carbocycles. The predicted molar refractivity (Wildman–Crippen MR) is 69.6 cm³/mol. The quantitative estimate of drug-likeness (QED) is 0.756. The first-order chi connectivity index (χ1) is 7.25. The lowest BCUT2D eigenvalue weighted by molar-refractivity contribution is 0.684. The first-order valence-corrected chi connectivity index (χ1v) is 6.61. The largest absolute Gasteiger partial charge is 0.399 e. The van der Waals surface area contributed by atoms with Crippen LogP contribution in [-0.2, 0) is 0 Å². The van der Waals surface area contributed by atoms with Gasteiger partial charge in [0.15, 0.2) is 0 Å². The van der Waals surface area contributed by atoms with Gasteiger partial charge >= 0.3 is 0 Å². The molecule has 15 heavy (non-hydrogen) atoms. The number of nitrogens with one attached hydrogen (secondary N) is 1. The van der Waals surface area contributed by atoms with Gasteiger partial charge in [0.2, 0.25) is 0 Å². The molecule has 82 valence electrons. The fraction of sp³-hybridized carbons (Fsp3) is 0.500. The van der Waals surface area contributed by atoms with Crippen molar-refractivity contribution in [2.24, 2.45) is 0 Å². The summed E-state index contributed by atoms with van der Waals surface area (Å²) in [6.45, 7) is 2.11. The summed E-state index contributed by atoms with van der Waals surface area (Å²) in [6.07, 6.45) is 2.62. The minimum absolute atomic E-state index is 0.631. The van der Waals surface area contributed by atoms with Gasteiger partial charge < -0.3 is 11.1 Å². The topological polar surface area (TPSA) is 38.0 Å². The van der Waals surface area contributed by atoms with Gasteiger partial charge in [-0.05, 0) is 49.3 Å². The zero-order chi connectivity index (χ0) is 10.7. The molecular formula is C12H18N2S. The maximum Gasteiger partial charge on any atom is 0.0373 e. The molecule has 0 aliphatic carbocycles. The molecule has 3 heteroatoms. The van der Waals surface area contributed by atoms with E-state index >= 15 is 0 Å². The Morgan fingerprint density at radius 3 is 3.00 bits per heavy atom. The first-order valence-electron chi connectivity index (χ1n) is 5.46. The number of nitrogens with two attached hydrogens (primary N) is 1. The summed E-state index contributed by atoms with van der Waals surface area (Å²) < 4.78 is 0. The van der Waals surface area contributed by atoms with Crippen LogP contribution < -0.4 is 11.1 Å². The molecule has 1 unspecified atom stereocenters. The Hall–Kier alpha value is -0.830. The second-order valence-electron chi connectivity index (χ2n) is 4.13. The molecule has 1 aromatic carbocycles. The SMILES string of the molecule is Cc1cc(N)ccc1NC1CCCSC1. The normalized spacial score (nSPS) is 21.3. The van der Waals surface area contributed by atoms with Crippen LogP contribution in [0, 0.1) is 6.92 Å². The van der Waals surface area contributed by atoms with Crippen molar-refractivity contribution in [1.82, 2.24) is 0 Å². The van der Waals surface area contributed by atoms with E-state index in [0.29, 0.717) is 6.04 Å². The molecule has 0 spiro atoms. The van der Waals surface area contributed by atoms with Gasteiger partial charge in [-0.3, -0.25) is 0 Å². The molecule has 2 rings (SSSR count). The summed E-state index contributed by atoms with van der Waals surface area (Å²) >= 11 is 2.04. The molecule has 0 bridgehead atoms. The van der Waals surface area contributed by atoms with Gasteiger partial charge in [0.05, 0.1) is 0 Å². The highest BCUT2D eigenvalue weighted by Gasteiger charge is 2.13. The number of hydrogen-bond donors (Lipinski definition) is 2. The molecule has 1 heterocycles. The van der Waals surface area contributed by atoms with Gasteiger partial charge in [-0.2, -0.15) is 11.8 Å². The number of anilines is 2. The van der Waals surface area contributed by atoms with Crippen LogP contribution in [0.25, 0.3) is 0 Å². The molecule has 1 atom stereocenters. The molecule has 0 aromatic heterocycles. The van der Waals surface area contributed by atoms with Gasteiger partial charge in [0.1, 0.15) is 0 Å². The van der Waals surface area contributed by atoms with Gasteiger partial charge in [0.25, 0.3) is 0 Å². The standard InChI is InChI=1S/C12H18N2S/c1-9-7-10(13)4-5-12(9)14-11-3-2-6-15-8-11/h4-5,7,11,14H,2-3,6,8,13H2,1H3. The van der Waals surface area contributed by atoms with Crippen molar-refractivity contribution < 1.29 is 0 Å². The number of aryl methyl sites for hydroxylation is 1. The summed E-state index contributed by atoms with van der Waals surface area (Å²) in [6, 6.07) is 6.71. The van der Waals surface area contributed by atoms with Crippen molar-refractivity contribution in [3.8, 4) is 0 Å². The molecule has 0 amide bonds. The summed E-state index contributed by atoms with van der Waals surface area (Å²) in [7, 11) is 0. The highest BCUT2D eigenvalue weighted by atomic mass is 32.2. The third-order valence-corrected chi connectivity index (χ3v) is 3.99. The molecule has 1 aliphatic rings. The van der Waals surface area contributed by atoms with Gasteiger partial charge in [-0.15, -0.1) is 0 Å². The minimum atomic E-state index is 0.631. The lowest BCUT2D eigenvalue weighted by atomic mass is 10.1. The third kappa shape index (κ3) is 2.81. The van der Waals surface area contributed by atoms with Crippen LogP contribution in [0.3, 0.4) is 0 Å². The van der Waals surface area contributed by atoms with E-state index < -0.39 is 0 Å². The van der Waals surface area contributed by atoms with Crippen LogP contribution in [0.4, 0.5) is 11.4 Å². The first kappa shape index (κ1) is 10.7. The average Bonchev–Trinajstić information content (AvgIpc) is 2.24. The van der Waals surface area contributed by atoms with E-state index in [4.69, 9.17) is 5.73 Å². The Balaban J connectivity index is 2.03. The van der Waals surface area contributed by atoms with E-state index in [2.05, 4.69) is 18.3 Å². The van der Waals surface area contributed by atoms with Crippen LogP contribution in [0.15, 0.2) is 18.2 Å². The molecule has 1 aromatic rings. The third-order valence-electron chi connectivity index (χ3n) is 2.77. The molecule has 2 nitrogen and oxygen atoms in total. The van der Waals surface area contributed by atoms with Crippen molar-refractivity contribution >= 4 is 23.1 Å². The summed E-state index contributed by atoms with van der Waals surface area (Å²) in [5, 5.41) is 3.60. The van der Waals surface area contributed by atoms with Crippen molar-refractivity contribution in [2.45, 2.75) is 25.8 Å². The maximum atomic E-state index is 5.73. The zero-order valence-corrected chi connectivity index (χ0v) is 9.94. The lowest BCUT2D eigenvalue weighted by Gasteiger charge is -2.24. The monoisotopic (exact) mass is 222 g/mol. The van der Waals surface area contributed by atoms with Gasteiger partial charge in [-0.25, -0.2) is 0 Å². The fourth-order valence-electron chi connectivity index (χ4n) is 1.92. The van der Waals surface area contributed by atoms with Crippen LogP contribution in [0.1, 0.15) is 18.4 Å². The highest BCUT2D eigenvalue weighted by molar-refractivity contribution is 7.99. The minimum Gasteiger partial charge on any atom is -0.399 e. The van der Waals surface area contributed by atoms with Crippen LogP contribution in [0.5, 0.6) is 0 Å². The number of thioether (sulfide) groups is 1. The number of hydrogen-bond acceptors (Lipinski definition) is 3. The summed E-state index contributed by atoms with van der Waals surface area (Å²) in [5.74, 6) is 2.54. The molecule has 1 fully saturated rings. The Bertz CT molecular complexity index is 332. The van der Waals surface area contributed by atoms with E-state index in [0.717, 1.165) is 5.69 Å². The van der Waals surface area contributed by atoms with E-state index in [9.17, 15) is 0 Å². The van der Waals surface area contributed by atoms with Crippen molar-refractivity contribution in [2.75, 3.05) is 22.6 Å². The van der Waals surface area contributed by atoms with Gasteiger partial charge in [-0.1, -0.05) is 0 Å². The Morgan fingerprint density at radius 2 is 2.33 bits per heavy atom. The molecule has 1 aliphatic heterocycles. The van der Waals surface area contributed by atoms with E-state index in [1.54, 1.807) is 0 Å². The smallest absolute Gasteiger partial charge is 0.0373 e. The van der Waals surface area contributed by atoms with E-state index in [-0.39, 0.29) is 0 Å². The van der Waals surface area contributed by atoms with Crippen LogP contribution >= 0.6 is 11.8 Å². The van der Waals surface area contributed by atoms with Crippen molar-refractivity contribution in [1.29, 1.82) is 0 Å². The fourth-order valence-corrected chi connectivity index (χ4v) is 3.00. The molecule has 3 N–H and O–H groups in total. The van der Waals surface area contributed by atoms with E-state index in [1.807, 2.05) is 23.9 Å². The van der Waals surface area contributed by atoms with E-state index in [1.165, 1.54) is 35.6 Å². The summed E-state index contributed by atoms with van der Waals surface area (Å²) in [4.78, 5) is 0. The predicted octanol–water partition coefficient (Wildman–Crippen LogP) is 2.88. The number of benzene rings is 1. The molecule has 1 saturated heterocycles. The molecule has 0 radical (unpaired) electrons. The van der Waals surface area contributed by atoms with Crippen LogP contribution in [-0.4, -0.2) is 17.5 Å². The number of rotatable bonds is 2. The Morgan fingerprint density at radius 1 is 1.47 bits per heavy atom.